The molecule has 0 unspecified atom stereocenters. The van der Waals surface area contributed by atoms with Gasteiger partial charge in [-0.3, -0.25) is 4.79 Å². The Hall–Kier alpha value is -1.45. The van der Waals surface area contributed by atoms with E-state index in [4.69, 9.17) is 27.9 Å². The van der Waals surface area contributed by atoms with Crippen LogP contribution >= 0.6 is 23.2 Å². The summed E-state index contributed by atoms with van der Waals surface area (Å²) in [6.07, 6.45) is 4.97. The first-order valence-electron chi connectivity index (χ1n) is 7.38. The lowest BCUT2D eigenvalue weighted by atomic mass is 10.2. The van der Waals surface area contributed by atoms with Crippen molar-refractivity contribution in [2.75, 3.05) is 6.61 Å². The molecule has 0 saturated heterocycles. The van der Waals surface area contributed by atoms with Gasteiger partial charge in [0, 0.05) is 27.9 Å². The molecule has 1 aromatic carbocycles. The second-order valence-electron chi connectivity index (χ2n) is 5.08. The minimum Gasteiger partial charge on any atom is -0.493 e. The maximum atomic E-state index is 12.2. The predicted octanol–water partition coefficient (Wildman–Crippen LogP) is 4.77. The molecule has 0 bridgehead atoms. The molecule has 0 radical (unpaired) electrons. The van der Waals surface area contributed by atoms with Crippen LogP contribution in [0.1, 0.15) is 31.7 Å². The molecule has 1 heterocycles. The number of aromatic nitrogens is 1. The monoisotopic (exact) mass is 339 g/mol. The highest BCUT2D eigenvalue weighted by Crippen LogP contribution is 2.24. The van der Waals surface area contributed by atoms with E-state index in [0.717, 1.165) is 24.8 Å². The summed E-state index contributed by atoms with van der Waals surface area (Å²) in [5.41, 5.74) is 0.605. The van der Waals surface area contributed by atoms with E-state index in [1.807, 2.05) is 0 Å². The summed E-state index contributed by atoms with van der Waals surface area (Å²) in [5, 5.41) is 1.11. The number of rotatable bonds is 7. The molecular weight excluding hydrogens is 321 g/mol. The zero-order valence-electron chi connectivity index (χ0n) is 12.5. The van der Waals surface area contributed by atoms with Crippen LogP contribution in [0.25, 0.3) is 0 Å². The van der Waals surface area contributed by atoms with Gasteiger partial charge in [0.05, 0.1) is 13.2 Å². The van der Waals surface area contributed by atoms with Crippen LogP contribution in [0.5, 0.6) is 5.75 Å². The molecule has 1 aromatic heterocycles. The first kappa shape index (κ1) is 16.9. The summed E-state index contributed by atoms with van der Waals surface area (Å²) in [4.78, 5) is 12.2. The molecule has 0 aliphatic rings. The number of benzene rings is 1. The number of halogens is 2. The summed E-state index contributed by atoms with van der Waals surface area (Å²) >= 11 is 12.3. The van der Waals surface area contributed by atoms with Gasteiger partial charge in [0.1, 0.15) is 5.75 Å². The van der Waals surface area contributed by atoms with Crippen LogP contribution in [0.3, 0.4) is 0 Å². The van der Waals surface area contributed by atoms with E-state index >= 15 is 0 Å². The second kappa shape index (κ2) is 8.25. The van der Waals surface area contributed by atoms with Crippen LogP contribution in [0, 0.1) is 0 Å². The number of pyridine rings is 1. The van der Waals surface area contributed by atoms with Crippen LogP contribution in [-0.2, 0) is 6.54 Å². The van der Waals surface area contributed by atoms with E-state index in [-0.39, 0.29) is 5.56 Å². The van der Waals surface area contributed by atoms with Gasteiger partial charge in [-0.15, -0.1) is 0 Å². The van der Waals surface area contributed by atoms with Crippen molar-refractivity contribution in [2.24, 2.45) is 0 Å². The average Bonchev–Trinajstić information content (AvgIpc) is 2.49. The van der Waals surface area contributed by atoms with Crippen molar-refractivity contribution in [3.8, 4) is 5.75 Å². The lowest BCUT2D eigenvalue weighted by Crippen LogP contribution is -2.19. The molecule has 0 atom stereocenters. The average molecular weight is 340 g/mol. The third kappa shape index (κ3) is 4.52. The first-order chi connectivity index (χ1) is 10.6. The van der Waals surface area contributed by atoms with E-state index in [1.165, 1.54) is 6.07 Å². The largest absolute Gasteiger partial charge is 0.493 e. The minimum atomic E-state index is -0.135. The lowest BCUT2D eigenvalue weighted by Gasteiger charge is -2.11. The number of unbranched alkanes of at least 4 members (excludes halogenated alkanes) is 2. The second-order valence-corrected chi connectivity index (χ2v) is 5.90. The number of hydrogen-bond donors (Lipinski definition) is 0. The quantitative estimate of drug-likeness (QED) is 0.680. The number of ether oxygens (including phenoxy) is 1. The van der Waals surface area contributed by atoms with Crippen LogP contribution in [0.4, 0.5) is 0 Å². The SMILES string of the molecule is CCCCCOc1ccn(Cc2c(Cl)cccc2Cl)c(=O)c1. The third-order valence-electron chi connectivity index (χ3n) is 3.37. The Morgan fingerprint density at radius 2 is 1.86 bits per heavy atom. The Bertz CT molecular complexity index is 662. The number of hydrogen-bond acceptors (Lipinski definition) is 2. The Labute approximate surface area is 140 Å². The Morgan fingerprint density at radius 3 is 2.50 bits per heavy atom. The van der Waals surface area contributed by atoms with Gasteiger partial charge in [-0.05, 0) is 24.6 Å². The van der Waals surface area contributed by atoms with Crippen LogP contribution < -0.4 is 10.3 Å². The van der Waals surface area contributed by atoms with Gasteiger partial charge in [-0.2, -0.15) is 0 Å². The molecule has 0 amide bonds. The maximum absolute atomic E-state index is 12.2. The smallest absolute Gasteiger partial charge is 0.254 e. The molecular formula is C17H19Cl2NO2. The molecule has 0 N–H and O–H groups in total. The van der Waals surface area contributed by atoms with Gasteiger partial charge in [-0.25, -0.2) is 0 Å². The molecule has 3 nitrogen and oxygen atoms in total. The maximum Gasteiger partial charge on any atom is 0.254 e. The summed E-state index contributed by atoms with van der Waals surface area (Å²) in [6.45, 7) is 3.11. The molecule has 22 heavy (non-hydrogen) atoms. The molecule has 0 saturated carbocycles. The van der Waals surface area contributed by atoms with Crippen LogP contribution in [0.2, 0.25) is 10.0 Å². The zero-order valence-corrected chi connectivity index (χ0v) is 14.0. The van der Waals surface area contributed by atoms with Crippen molar-refractivity contribution in [2.45, 2.75) is 32.7 Å². The fraction of sp³-hybridized carbons (Fsp3) is 0.353. The lowest BCUT2D eigenvalue weighted by molar-refractivity contribution is 0.305. The Kier molecular flexibility index (Phi) is 6.34. The van der Waals surface area contributed by atoms with E-state index < -0.39 is 0 Å². The highest BCUT2D eigenvalue weighted by atomic mass is 35.5. The topological polar surface area (TPSA) is 31.2 Å². The molecule has 0 aliphatic carbocycles. The van der Waals surface area contributed by atoms with Crippen molar-refractivity contribution >= 4 is 23.2 Å². The van der Waals surface area contributed by atoms with Crippen LogP contribution in [0.15, 0.2) is 41.3 Å². The Morgan fingerprint density at radius 1 is 1.14 bits per heavy atom. The van der Waals surface area contributed by atoms with Crippen LogP contribution in [-0.4, -0.2) is 11.2 Å². The van der Waals surface area contributed by atoms with Gasteiger partial charge >= 0.3 is 0 Å². The molecule has 2 aromatic rings. The Balaban J connectivity index is 2.08. The summed E-state index contributed by atoms with van der Waals surface area (Å²) in [7, 11) is 0. The first-order valence-corrected chi connectivity index (χ1v) is 8.13. The highest BCUT2D eigenvalue weighted by molar-refractivity contribution is 6.35. The highest BCUT2D eigenvalue weighted by Gasteiger charge is 2.07. The molecule has 0 fully saturated rings. The van der Waals surface area contributed by atoms with Crippen molar-refractivity contribution in [3.63, 3.8) is 0 Å². The summed E-state index contributed by atoms with van der Waals surface area (Å²) < 4.78 is 7.14. The molecule has 5 heteroatoms. The van der Waals surface area contributed by atoms with Gasteiger partial charge < -0.3 is 9.30 Å². The van der Waals surface area contributed by atoms with E-state index in [9.17, 15) is 4.79 Å². The van der Waals surface area contributed by atoms with Gasteiger partial charge in [-0.1, -0.05) is 49.0 Å². The normalized spacial score (nSPS) is 10.7. The van der Waals surface area contributed by atoms with E-state index in [0.29, 0.717) is 28.9 Å². The molecule has 118 valence electrons. The fourth-order valence-electron chi connectivity index (χ4n) is 2.11. The standard InChI is InChI=1S/C17H19Cl2NO2/c1-2-3-4-10-22-13-8-9-20(17(21)11-13)12-14-15(18)6-5-7-16(14)19/h5-9,11H,2-4,10,12H2,1H3. The van der Waals surface area contributed by atoms with E-state index in [1.54, 1.807) is 35.0 Å². The van der Waals surface area contributed by atoms with Gasteiger partial charge in [0.15, 0.2) is 0 Å². The predicted molar refractivity (Wildman–Crippen MR) is 91.3 cm³/mol. The molecule has 2 rings (SSSR count). The van der Waals surface area contributed by atoms with Crippen molar-refractivity contribution < 1.29 is 4.74 Å². The zero-order chi connectivity index (χ0) is 15.9. The summed E-state index contributed by atoms with van der Waals surface area (Å²) in [5.74, 6) is 0.600. The van der Waals surface area contributed by atoms with E-state index in [2.05, 4.69) is 6.92 Å². The van der Waals surface area contributed by atoms with Crippen molar-refractivity contribution in [1.29, 1.82) is 0 Å². The molecule has 0 spiro atoms. The van der Waals surface area contributed by atoms with Crippen molar-refractivity contribution in [3.05, 3.63) is 62.5 Å². The van der Waals surface area contributed by atoms with Gasteiger partial charge in [0.25, 0.3) is 5.56 Å². The fourth-order valence-corrected chi connectivity index (χ4v) is 2.62. The minimum absolute atomic E-state index is 0.135. The van der Waals surface area contributed by atoms with Crippen molar-refractivity contribution in [1.82, 2.24) is 4.57 Å². The molecule has 0 aliphatic heterocycles. The summed E-state index contributed by atoms with van der Waals surface area (Å²) in [6, 6.07) is 8.59. The third-order valence-corrected chi connectivity index (χ3v) is 4.08. The number of nitrogens with zero attached hydrogens (tertiary/aromatic N) is 1. The van der Waals surface area contributed by atoms with Gasteiger partial charge in [0.2, 0.25) is 0 Å².